The van der Waals surface area contributed by atoms with Gasteiger partial charge in [-0.3, -0.25) is 0 Å². The number of nitrogens with zero attached hydrogens (tertiary/aromatic N) is 1. The highest BCUT2D eigenvalue weighted by Crippen LogP contribution is 2.24. The van der Waals surface area contributed by atoms with Crippen LogP contribution in [0.15, 0.2) is 29.2 Å². The molecule has 0 aromatic heterocycles. The van der Waals surface area contributed by atoms with E-state index in [-0.39, 0.29) is 4.90 Å². The van der Waals surface area contributed by atoms with E-state index in [1.165, 1.54) is 12.1 Å². The maximum Gasteiger partial charge on any atom is 0.261 e. The first-order valence-electron chi connectivity index (χ1n) is 4.24. The molecule has 0 atom stereocenters. The first-order chi connectivity index (χ1) is 6.77. The van der Waals surface area contributed by atoms with Gasteiger partial charge >= 0.3 is 0 Å². The molecule has 0 N–H and O–H groups in total. The summed E-state index contributed by atoms with van der Waals surface area (Å²) in [5.74, 6) is 0. The molecular weight excluding hydrogens is 234 g/mol. The number of hydrogen-bond acceptors (Lipinski definition) is 3. The highest BCUT2D eigenvalue weighted by atomic mass is 35.7. The van der Waals surface area contributed by atoms with Gasteiger partial charge in [0.15, 0.2) is 0 Å². The lowest BCUT2D eigenvalue weighted by Crippen LogP contribution is -2.13. The van der Waals surface area contributed by atoms with Gasteiger partial charge in [0.1, 0.15) is 0 Å². The van der Waals surface area contributed by atoms with Crippen LogP contribution >= 0.6 is 10.7 Å². The molecule has 3 nitrogen and oxygen atoms in total. The topological polar surface area (TPSA) is 57.9 Å². The zero-order valence-corrected chi connectivity index (χ0v) is 9.93. The van der Waals surface area contributed by atoms with Crippen molar-refractivity contribution < 1.29 is 8.42 Å². The predicted molar refractivity (Wildman–Crippen MR) is 58.1 cm³/mol. The largest absolute Gasteiger partial charge is 0.261 e. The predicted octanol–water partition coefficient (Wildman–Crippen LogP) is 2.42. The van der Waals surface area contributed by atoms with Crippen LogP contribution in [0.3, 0.4) is 0 Å². The molecule has 1 aromatic rings. The number of nitriles is 1. The van der Waals surface area contributed by atoms with E-state index in [1.807, 2.05) is 0 Å². The van der Waals surface area contributed by atoms with Gasteiger partial charge in [-0.15, -0.1) is 0 Å². The van der Waals surface area contributed by atoms with Gasteiger partial charge < -0.3 is 0 Å². The molecular formula is C10H10ClNO2S. The molecule has 0 fully saturated rings. The van der Waals surface area contributed by atoms with E-state index >= 15 is 0 Å². The van der Waals surface area contributed by atoms with E-state index in [1.54, 1.807) is 26.0 Å². The summed E-state index contributed by atoms with van der Waals surface area (Å²) >= 11 is 0. The molecule has 15 heavy (non-hydrogen) atoms. The molecule has 0 radical (unpaired) electrons. The van der Waals surface area contributed by atoms with Crippen molar-refractivity contribution in [3.05, 3.63) is 29.8 Å². The molecule has 5 heteroatoms. The molecule has 0 heterocycles. The quantitative estimate of drug-likeness (QED) is 0.750. The van der Waals surface area contributed by atoms with Gasteiger partial charge in [0.05, 0.1) is 16.4 Å². The summed E-state index contributed by atoms with van der Waals surface area (Å²) in [6.07, 6.45) is 0. The van der Waals surface area contributed by atoms with Crippen molar-refractivity contribution in [2.24, 2.45) is 0 Å². The summed E-state index contributed by atoms with van der Waals surface area (Å²) in [5, 5.41) is 8.88. The second kappa shape index (κ2) is 3.84. The third kappa shape index (κ3) is 2.71. The molecule has 0 amide bonds. The lowest BCUT2D eigenvalue weighted by atomic mass is 9.87. The molecule has 0 spiro atoms. The molecule has 1 rings (SSSR count). The van der Waals surface area contributed by atoms with Crippen molar-refractivity contribution in [3.63, 3.8) is 0 Å². The fraction of sp³-hybridized carbons (Fsp3) is 0.300. The monoisotopic (exact) mass is 243 g/mol. The maximum atomic E-state index is 11.0. The Morgan fingerprint density at radius 3 is 2.07 bits per heavy atom. The van der Waals surface area contributed by atoms with Gasteiger partial charge in [-0.2, -0.15) is 5.26 Å². The maximum absolute atomic E-state index is 11.0. The van der Waals surface area contributed by atoms with E-state index in [0.717, 1.165) is 5.56 Å². The molecule has 0 aliphatic carbocycles. The van der Waals surface area contributed by atoms with Crippen LogP contribution in [-0.2, 0) is 14.5 Å². The summed E-state index contributed by atoms with van der Waals surface area (Å²) in [6, 6.07) is 8.12. The minimum Gasteiger partial charge on any atom is -0.207 e. The number of halogens is 1. The molecule has 1 aromatic carbocycles. The highest BCUT2D eigenvalue weighted by molar-refractivity contribution is 8.13. The minimum atomic E-state index is -3.68. The van der Waals surface area contributed by atoms with Crippen molar-refractivity contribution >= 4 is 19.7 Å². The van der Waals surface area contributed by atoms with E-state index in [0.29, 0.717) is 0 Å². The molecule has 0 saturated heterocycles. The molecule has 0 aliphatic heterocycles. The Balaban J connectivity index is 3.19. The summed E-state index contributed by atoms with van der Waals surface area (Å²) in [6.45, 7) is 3.52. The zero-order valence-electron chi connectivity index (χ0n) is 8.36. The number of hydrogen-bond donors (Lipinski definition) is 0. The Bertz CT molecular complexity index is 497. The molecule has 0 bridgehead atoms. The Kier molecular flexibility index (Phi) is 3.08. The van der Waals surface area contributed by atoms with Gasteiger partial charge in [0, 0.05) is 10.7 Å². The van der Waals surface area contributed by atoms with Crippen molar-refractivity contribution in [2.45, 2.75) is 24.2 Å². The number of rotatable bonds is 2. The van der Waals surface area contributed by atoms with Crippen LogP contribution in [0, 0.1) is 11.3 Å². The Morgan fingerprint density at radius 2 is 1.73 bits per heavy atom. The van der Waals surface area contributed by atoms with Gasteiger partial charge in [0.2, 0.25) is 0 Å². The zero-order chi connectivity index (χ0) is 11.7. The lowest BCUT2D eigenvalue weighted by molar-refractivity contribution is 0.609. The SMILES string of the molecule is CC(C)(C#N)c1ccc(S(=O)(=O)Cl)cc1. The lowest BCUT2D eigenvalue weighted by Gasteiger charge is -2.15. The second-order valence-electron chi connectivity index (χ2n) is 3.70. The summed E-state index contributed by atoms with van der Waals surface area (Å²) in [5.41, 5.74) is 0.128. The van der Waals surface area contributed by atoms with E-state index in [9.17, 15) is 8.42 Å². The van der Waals surface area contributed by atoms with Crippen LogP contribution in [0.1, 0.15) is 19.4 Å². The van der Waals surface area contributed by atoms with E-state index in [2.05, 4.69) is 6.07 Å². The normalized spacial score (nSPS) is 12.1. The first kappa shape index (κ1) is 12.0. The first-order valence-corrected chi connectivity index (χ1v) is 6.55. The fourth-order valence-electron chi connectivity index (χ4n) is 1.10. The number of benzene rings is 1. The van der Waals surface area contributed by atoms with Crippen LogP contribution in [0.5, 0.6) is 0 Å². The van der Waals surface area contributed by atoms with Crippen LogP contribution in [0.4, 0.5) is 0 Å². The summed E-state index contributed by atoms with van der Waals surface area (Å²) < 4.78 is 21.9. The van der Waals surface area contributed by atoms with Crippen molar-refractivity contribution in [2.75, 3.05) is 0 Å². The Hall–Kier alpha value is -1.05. The third-order valence-corrected chi connectivity index (χ3v) is 3.51. The van der Waals surface area contributed by atoms with Gasteiger partial charge in [0.25, 0.3) is 9.05 Å². The van der Waals surface area contributed by atoms with Crippen LogP contribution < -0.4 is 0 Å². The van der Waals surface area contributed by atoms with Crippen molar-refractivity contribution in [1.29, 1.82) is 5.26 Å². The van der Waals surface area contributed by atoms with E-state index < -0.39 is 14.5 Å². The minimum absolute atomic E-state index is 0.0432. The van der Waals surface area contributed by atoms with E-state index in [4.69, 9.17) is 15.9 Å². The molecule has 0 aliphatic rings. The third-order valence-electron chi connectivity index (χ3n) is 2.14. The average Bonchev–Trinajstić information content (AvgIpc) is 2.17. The van der Waals surface area contributed by atoms with Crippen LogP contribution in [0.25, 0.3) is 0 Å². The van der Waals surface area contributed by atoms with Crippen LogP contribution in [0.2, 0.25) is 0 Å². The smallest absolute Gasteiger partial charge is 0.207 e. The molecule has 0 saturated carbocycles. The summed E-state index contributed by atoms with van der Waals surface area (Å²) in [7, 11) is 1.48. The van der Waals surface area contributed by atoms with Gasteiger partial charge in [-0.25, -0.2) is 8.42 Å². The Morgan fingerprint density at radius 1 is 1.27 bits per heavy atom. The summed E-state index contributed by atoms with van der Waals surface area (Å²) in [4.78, 5) is 0.0432. The molecule has 0 unspecified atom stereocenters. The average molecular weight is 244 g/mol. The van der Waals surface area contributed by atoms with Gasteiger partial charge in [-0.05, 0) is 31.5 Å². The van der Waals surface area contributed by atoms with Gasteiger partial charge in [-0.1, -0.05) is 12.1 Å². The highest BCUT2D eigenvalue weighted by Gasteiger charge is 2.20. The second-order valence-corrected chi connectivity index (χ2v) is 6.26. The van der Waals surface area contributed by atoms with Crippen LogP contribution in [-0.4, -0.2) is 8.42 Å². The molecule has 80 valence electrons. The van der Waals surface area contributed by atoms with Crippen molar-refractivity contribution in [3.8, 4) is 6.07 Å². The van der Waals surface area contributed by atoms with Crippen molar-refractivity contribution in [1.82, 2.24) is 0 Å². The fourth-order valence-corrected chi connectivity index (χ4v) is 1.87. The standard InChI is InChI=1S/C10H10ClNO2S/c1-10(2,7-12)8-3-5-9(6-4-8)15(11,13)14/h3-6H,1-2H3. The Labute approximate surface area is 93.7 Å².